The van der Waals surface area contributed by atoms with E-state index in [1.807, 2.05) is 74.5 Å². The Bertz CT molecular complexity index is 1130. The van der Waals surface area contributed by atoms with E-state index in [1.54, 1.807) is 13.3 Å². The van der Waals surface area contributed by atoms with Crippen molar-refractivity contribution in [3.63, 3.8) is 0 Å². The van der Waals surface area contributed by atoms with Gasteiger partial charge < -0.3 is 19.3 Å². The Morgan fingerprint density at radius 2 is 2.00 bits per heavy atom. The third-order valence-corrected chi connectivity index (χ3v) is 5.16. The lowest BCUT2D eigenvalue weighted by Gasteiger charge is -2.10. The summed E-state index contributed by atoms with van der Waals surface area (Å²) in [7, 11) is 1.66. The number of hydrazine groups is 1. The predicted molar refractivity (Wildman–Crippen MR) is 126 cm³/mol. The van der Waals surface area contributed by atoms with Crippen LogP contribution in [0.2, 0.25) is 0 Å². The number of nitrogens with zero attached hydrogens (tertiary/aromatic N) is 1. The standard InChI is InChI=1S/C26H27N3O3/c1-18-14-25(32-19(18)2)12-10-22-15-21(28-29-22)9-7-20-8-11-24(16-26(20)30-3)31-17-23-6-4-5-13-27-23/h4-16,21,28-29H,17H2,1-3H3/b9-7+,12-10+. The Kier molecular flexibility index (Phi) is 6.72. The Hall–Kier alpha value is -3.77. The van der Waals surface area contributed by atoms with Crippen LogP contribution >= 0.6 is 0 Å². The molecule has 2 aromatic heterocycles. The number of furan rings is 1. The van der Waals surface area contributed by atoms with Crippen LogP contribution in [0.1, 0.15) is 28.3 Å². The third kappa shape index (κ3) is 5.47. The number of ether oxygens (including phenoxy) is 2. The van der Waals surface area contributed by atoms with Crippen LogP contribution in [0, 0.1) is 13.8 Å². The zero-order valence-corrected chi connectivity index (χ0v) is 18.5. The molecule has 3 heterocycles. The summed E-state index contributed by atoms with van der Waals surface area (Å²) in [4.78, 5) is 4.27. The molecule has 1 aliphatic heterocycles. The molecule has 0 fully saturated rings. The Morgan fingerprint density at radius 1 is 1.09 bits per heavy atom. The van der Waals surface area contributed by atoms with Gasteiger partial charge in [0.05, 0.1) is 18.8 Å². The molecule has 164 valence electrons. The van der Waals surface area contributed by atoms with Gasteiger partial charge in [-0.1, -0.05) is 18.2 Å². The van der Waals surface area contributed by atoms with E-state index in [0.717, 1.165) is 45.5 Å². The first-order valence-electron chi connectivity index (χ1n) is 10.5. The summed E-state index contributed by atoms with van der Waals surface area (Å²) in [6.07, 6.45) is 11.9. The summed E-state index contributed by atoms with van der Waals surface area (Å²) in [5.41, 5.74) is 10.4. The van der Waals surface area contributed by atoms with Crippen molar-refractivity contribution in [2.24, 2.45) is 0 Å². The number of nitrogens with one attached hydrogen (secondary N) is 2. The number of rotatable bonds is 8. The van der Waals surface area contributed by atoms with Crippen LogP contribution in [0.4, 0.5) is 0 Å². The highest BCUT2D eigenvalue weighted by Crippen LogP contribution is 2.26. The summed E-state index contributed by atoms with van der Waals surface area (Å²) >= 11 is 0. The molecule has 6 nitrogen and oxygen atoms in total. The Balaban J connectivity index is 1.38. The third-order valence-electron chi connectivity index (χ3n) is 5.16. The maximum absolute atomic E-state index is 5.84. The second-order valence-corrected chi connectivity index (χ2v) is 7.51. The highest BCUT2D eigenvalue weighted by Gasteiger charge is 2.11. The molecule has 0 saturated heterocycles. The molecule has 0 amide bonds. The summed E-state index contributed by atoms with van der Waals surface area (Å²) in [6.45, 7) is 4.42. The van der Waals surface area contributed by atoms with Crippen LogP contribution in [0.5, 0.6) is 11.5 Å². The molecular weight excluding hydrogens is 402 g/mol. The lowest BCUT2D eigenvalue weighted by Crippen LogP contribution is -2.30. The molecule has 0 bridgehead atoms. The molecule has 0 radical (unpaired) electrons. The van der Waals surface area contributed by atoms with Crippen molar-refractivity contribution in [3.8, 4) is 11.5 Å². The Labute approximate surface area is 188 Å². The Morgan fingerprint density at radius 3 is 2.75 bits per heavy atom. The fourth-order valence-electron chi connectivity index (χ4n) is 3.27. The van der Waals surface area contributed by atoms with Gasteiger partial charge in [-0.3, -0.25) is 4.98 Å². The molecule has 1 aliphatic rings. The first-order valence-corrected chi connectivity index (χ1v) is 10.5. The van der Waals surface area contributed by atoms with Crippen molar-refractivity contribution in [3.05, 3.63) is 101 Å². The summed E-state index contributed by atoms with van der Waals surface area (Å²) in [6, 6.07) is 13.7. The normalized spacial score (nSPS) is 15.8. The fourth-order valence-corrected chi connectivity index (χ4v) is 3.27. The van der Waals surface area contributed by atoms with Gasteiger partial charge in [0.2, 0.25) is 0 Å². The lowest BCUT2D eigenvalue weighted by atomic mass is 10.1. The van der Waals surface area contributed by atoms with E-state index in [-0.39, 0.29) is 6.04 Å². The van der Waals surface area contributed by atoms with Gasteiger partial charge in [-0.25, -0.2) is 5.43 Å². The van der Waals surface area contributed by atoms with Gasteiger partial charge in [0, 0.05) is 23.5 Å². The van der Waals surface area contributed by atoms with Crippen LogP contribution in [0.25, 0.3) is 12.2 Å². The average Bonchev–Trinajstić information content (AvgIpc) is 3.41. The van der Waals surface area contributed by atoms with Crippen LogP contribution in [-0.2, 0) is 6.61 Å². The molecule has 1 atom stereocenters. The number of benzene rings is 1. The van der Waals surface area contributed by atoms with Gasteiger partial charge in [-0.05, 0) is 68.0 Å². The van der Waals surface area contributed by atoms with Crippen LogP contribution in [0.3, 0.4) is 0 Å². The molecule has 3 aromatic rings. The van der Waals surface area contributed by atoms with Gasteiger partial charge in [-0.15, -0.1) is 0 Å². The first-order chi connectivity index (χ1) is 15.6. The van der Waals surface area contributed by atoms with Crippen molar-refractivity contribution in [2.45, 2.75) is 26.5 Å². The van der Waals surface area contributed by atoms with E-state index in [0.29, 0.717) is 6.61 Å². The van der Waals surface area contributed by atoms with Crippen molar-refractivity contribution >= 4 is 12.2 Å². The second-order valence-electron chi connectivity index (χ2n) is 7.51. The zero-order valence-electron chi connectivity index (χ0n) is 18.5. The van der Waals surface area contributed by atoms with Crippen molar-refractivity contribution in [1.29, 1.82) is 0 Å². The molecular formula is C26H27N3O3. The topological polar surface area (TPSA) is 68.5 Å². The molecule has 2 N–H and O–H groups in total. The molecule has 4 rings (SSSR count). The number of hydrogen-bond acceptors (Lipinski definition) is 6. The number of aromatic nitrogens is 1. The largest absolute Gasteiger partial charge is 0.496 e. The highest BCUT2D eigenvalue weighted by molar-refractivity contribution is 5.60. The maximum Gasteiger partial charge on any atom is 0.130 e. The minimum atomic E-state index is 0.0551. The molecule has 0 spiro atoms. The molecule has 32 heavy (non-hydrogen) atoms. The number of aryl methyl sites for hydroxylation is 2. The minimum Gasteiger partial charge on any atom is -0.496 e. The van der Waals surface area contributed by atoms with E-state index >= 15 is 0 Å². The fraction of sp³-hybridized carbons (Fsp3) is 0.192. The summed E-state index contributed by atoms with van der Waals surface area (Å²) < 4.78 is 17.1. The van der Waals surface area contributed by atoms with Crippen molar-refractivity contribution in [1.82, 2.24) is 15.8 Å². The van der Waals surface area contributed by atoms with Crippen molar-refractivity contribution in [2.75, 3.05) is 7.11 Å². The van der Waals surface area contributed by atoms with Crippen LogP contribution < -0.4 is 20.3 Å². The van der Waals surface area contributed by atoms with Crippen molar-refractivity contribution < 1.29 is 13.9 Å². The maximum atomic E-state index is 5.84. The first kappa shape index (κ1) is 21.5. The zero-order chi connectivity index (χ0) is 22.3. The number of hydrogen-bond donors (Lipinski definition) is 2. The second kappa shape index (κ2) is 10.0. The minimum absolute atomic E-state index is 0.0551. The van der Waals surface area contributed by atoms with Gasteiger partial charge >= 0.3 is 0 Å². The number of allylic oxidation sites excluding steroid dienone is 1. The monoisotopic (exact) mass is 429 g/mol. The molecule has 1 unspecified atom stereocenters. The summed E-state index contributed by atoms with van der Waals surface area (Å²) in [5, 5.41) is 0. The molecule has 0 aliphatic carbocycles. The average molecular weight is 430 g/mol. The molecule has 6 heteroatoms. The van der Waals surface area contributed by atoms with Gasteiger partial charge in [-0.2, -0.15) is 0 Å². The van der Waals surface area contributed by atoms with Gasteiger partial charge in [0.1, 0.15) is 29.6 Å². The quantitative estimate of drug-likeness (QED) is 0.527. The summed E-state index contributed by atoms with van der Waals surface area (Å²) in [5.74, 6) is 3.27. The molecule has 0 saturated carbocycles. The number of methoxy groups -OCH3 is 1. The highest BCUT2D eigenvalue weighted by atomic mass is 16.5. The van der Waals surface area contributed by atoms with Crippen LogP contribution in [0.15, 0.2) is 77.0 Å². The predicted octanol–water partition coefficient (Wildman–Crippen LogP) is 4.97. The van der Waals surface area contributed by atoms with Gasteiger partial charge in [0.25, 0.3) is 0 Å². The van der Waals surface area contributed by atoms with E-state index in [1.165, 1.54) is 0 Å². The smallest absolute Gasteiger partial charge is 0.130 e. The van der Waals surface area contributed by atoms with E-state index in [9.17, 15) is 0 Å². The van der Waals surface area contributed by atoms with Gasteiger partial charge in [0.15, 0.2) is 0 Å². The number of pyridine rings is 1. The van der Waals surface area contributed by atoms with Crippen LogP contribution in [-0.4, -0.2) is 18.1 Å². The van der Waals surface area contributed by atoms with E-state index < -0.39 is 0 Å². The SMILES string of the molecule is COc1cc(OCc2ccccn2)ccc1/C=C/C1C=C(/C=C/c2cc(C)c(C)o2)NN1. The van der Waals surface area contributed by atoms with E-state index in [2.05, 4.69) is 28.0 Å². The molecule has 1 aromatic carbocycles. The van der Waals surface area contributed by atoms with E-state index in [4.69, 9.17) is 13.9 Å². The lowest BCUT2D eigenvalue weighted by molar-refractivity contribution is 0.299.